The maximum atomic E-state index is 12.2. The molecule has 23 heavy (non-hydrogen) atoms. The molecule has 0 aliphatic rings. The van der Waals surface area contributed by atoms with Gasteiger partial charge in [-0.2, -0.15) is 18.3 Å². The molecular weight excluding hydrogens is 337 g/mol. The summed E-state index contributed by atoms with van der Waals surface area (Å²) in [5.74, 6) is -2.00. The monoisotopic (exact) mass is 348 g/mol. The van der Waals surface area contributed by atoms with Crippen molar-refractivity contribution in [3.8, 4) is 0 Å². The average Bonchev–Trinajstić information content (AvgIpc) is 3.00. The van der Waals surface area contributed by atoms with Crippen molar-refractivity contribution in [3.05, 3.63) is 33.5 Å². The van der Waals surface area contributed by atoms with Crippen LogP contribution < -0.4 is 5.32 Å². The smallest absolute Gasteiger partial charge is 0.394 e. The highest BCUT2D eigenvalue weighted by Gasteiger charge is 2.29. The number of carbonyl (C=O) groups is 2. The lowest BCUT2D eigenvalue weighted by Gasteiger charge is -2.05. The molecule has 2 rings (SSSR count). The first-order valence-electron chi connectivity index (χ1n) is 6.21. The second kappa shape index (κ2) is 6.36. The third-order valence-electron chi connectivity index (χ3n) is 2.77. The number of carboxylic acid groups (broad SMARTS) is 1. The standard InChI is InChI=1S/C12H11F3N4O3S/c1-19-9(7(3-17-19)11(21)22)10(20)16-4-8-18-6(5-23-8)2-12(13,14)15/h3,5H,2,4H2,1H3,(H,16,20)(H,21,22). The maximum absolute atomic E-state index is 12.2. The zero-order chi connectivity index (χ0) is 17.2. The molecular formula is C12H11F3N4O3S. The molecule has 7 nitrogen and oxygen atoms in total. The van der Waals surface area contributed by atoms with Crippen LogP contribution in [0.25, 0.3) is 0 Å². The first-order valence-corrected chi connectivity index (χ1v) is 7.09. The number of hydrogen-bond acceptors (Lipinski definition) is 5. The van der Waals surface area contributed by atoms with Crippen LogP contribution in [-0.4, -0.2) is 37.9 Å². The zero-order valence-electron chi connectivity index (χ0n) is 11.7. The van der Waals surface area contributed by atoms with E-state index in [1.54, 1.807) is 0 Å². The van der Waals surface area contributed by atoms with Crippen LogP contribution in [0.4, 0.5) is 13.2 Å². The second-order valence-electron chi connectivity index (χ2n) is 4.54. The van der Waals surface area contributed by atoms with Crippen molar-refractivity contribution < 1.29 is 27.9 Å². The Morgan fingerprint density at radius 3 is 2.74 bits per heavy atom. The Balaban J connectivity index is 2.03. The number of nitrogens with one attached hydrogen (secondary N) is 1. The third kappa shape index (κ3) is 4.28. The van der Waals surface area contributed by atoms with E-state index in [4.69, 9.17) is 5.11 Å². The molecule has 0 atom stereocenters. The highest BCUT2D eigenvalue weighted by Crippen LogP contribution is 2.22. The lowest BCUT2D eigenvalue weighted by atomic mass is 10.2. The van der Waals surface area contributed by atoms with Gasteiger partial charge in [0.05, 0.1) is 24.9 Å². The Morgan fingerprint density at radius 2 is 2.13 bits per heavy atom. The van der Waals surface area contributed by atoms with Gasteiger partial charge < -0.3 is 10.4 Å². The molecule has 2 aromatic rings. The molecule has 0 fully saturated rings. The molecule has 0 radical (unpaired) electrons. The predicted octanol–water partition coefficient (Wildman–Crippen LogP) is 1.61. The van der Waals surface area contributed by atoms with Crippen molar-refractivity contribution in [2.24, 2.45) is 7.05 Å². The van der Waals surface area contributed by atoms with Crippen molar-refractivity contribution in [1.82, 2.24) is 20.1 Å². The van der Waals surface area contributed by atoms with Crippen LogP contribution >= 0.6 is 11.3 Å². The van der Waals surface area contributed by atoms with Crippen LogP contribution in [0.15, 0.2) is 11.6 Å². The van der Waals surface area contributed by atoms with Gasteiger partial charge in [0.25, 0.3) is 5.91 Å². The molecule has 0 aromatic carbocycles. The molecule has 11 heteroatoms. The fourth-order valence-electron chi connectivity index (χ4n) is 1.82. The first-order chi connectivity index (χ1) is 10.7. The minimum atomic E-state index is -4.35. The van der Waals surface area contributed by atoms with Crippen molar-refractivity contribution in [3.63, 3.8) is 0 Å². The molecule has 0 unspecified atom stereocenters. The Hall–Kier alpha value is -2.43. The topological polar surface area (TPSA) is 97.1 Å². The molecule has 0 saturated carbocycles. The highest BCUT2D eigenvalue weighted by atomic mass is 32.1. The number of halogens is 3. The van der Waals surface area contributed by atoms with Gasteiger partial charge in [0.1, 0.15) is 16.3 Å². The first kappa shape index (κ1) is 16.9. The van der Waals surface area contributed by atoms with E-state index in [1.807, 2.05) is 0 Å². The molecule has 0 aliphatic carbocycles. The zero-order valence-corrected chi connectivity index (χ0v) is 12.5. The summed E-state index contributed by atoms with van der Waals surface area (Å²) in [7, 11) is 1.41. The summed E-state index contributed by atoms with van der Waals surface area (Å²) in [6, 6.07) is 0. The number of carboxylic acids is 1. The summed E-state index contributed by atoms with van der Waals surface area (Å²) < 4.78 is 37.8. The number of thiazole rings is 1. The number of carbonyl (C=O) groups excluding carboxylic acids is 1. The molecule has 0 spiro atoms. The van der Waals surface area contributed by atoms with E-state index >= 15 is 0 Å². The number of aromatic nitrogens is 3. The van der Waals surface area contributed by atoms with Gasteiger partial charge in [-0.05, 0) is 0 Å². The van der Waals surface area contributed by atoms with Gasteiger partial charge in [-0.1, -0.05) is 0 Å². The Labute approximate surface area is 131 Å². The van der Waals surface area contributed by atoms with E-state index in [2.05, 4.69) is 15.4 Å². The molecule has 1 amide bonds. The third-order valence-corrected chi connectivity index (χ3v) is 3.66. The molecule has 124 valence electrons. The van der Waals surface area contributed by atoms with Crippen LogP contribution in [-0.2, 0) is 20.0 Å². The van der Waals surface area contributed by atoms with E-state index in [0.29, 0.717) is 0 Å². The lowest BCUT2D eigenvalue weighted by molar-refractivity contribution is -0.127. The minimum absolute atomic E-state index is 0.106. The number of aryl methyl sites for hydroxylation is 1. The number of aromatic carboxylic acids is 1. The van der Waals surface area contributed by atoms with Crippen molar-refractivity contribution in [1.29, 1.82) is 0 Å². The van der Waals surface area contributed by atoms with Gasteiger partial charge in [0.15, 0.2) is 0 Å². The molecule has 0 saturated heterocycles. The highest BCUT2D eigenvalue weighted by molar-refractivity contribution is 7.09. The van der Waals surface area contributed by atoms with Gasteiger partial charge in [-0.3, -0.25) is 9.48 Å². The Bertz CT molecular complexity index is 738. The number of alkyl halides is 3. The number of rotatable bonds is 5. The van der Waals surface area contributed by atoms with Crippen LogP contribution in [0.2, 0.25) is 0 Å². The fourth-order valence-corrected chi connectivity index (χ4v) is 2.55. The summed E-state index contributed by atoms with van der Waals surface area (Å²) in [5, 5.41) is 16.6. The van der Waals surface area contributed by atoms with E-state index in [0.717, 1.165) is 22.2 Å². The van der Waals surface area contributed by atoms with Gasteiger partial charge in [0.2, 0.25) is 0 Å². The average molecular weight is 348 g/mol. The quantitative estimate of drug-likeness (QED) is 0.856. The maximum Gasteiger partial charge on any atom is 0.394 e. The summed E-state index contributed by atoms with van der Waals surface area (Å²) in [4.78, 5) is 26.8. The van der Waals surface area contributed by atoms with E-state index < -0.39 is 24.5 Å². The van der Waals surface area contributed by atoms with Crippen molar-refractivity contribution in [2.75, 3.05) is 0 Å². The molecule has 0 aliphatic heterocycles. The Kier molecular flexibility index (Phi) is 4.68. The predicted molar refractivity (Wildman–Crippen MR) is 73.2 cm³/mol. The summed E-state index contributed by atoms with van der Waals surface area (Å²) in [5.41, 5.74) is -0.537. The van der Waals surface area contributed by atoms with Crippen LogP contribution in [0, 0.1) is 0 Å². The summed E-state index contributed by atoms with van der Waals surface area (Å²) in [6.07, 6.45) is -4.44. The normalized spacial score (nSPS) is 11.5. The molecule has 2 heterocycles. The van der Waals surface area contributed by atoms with E-state index in [1.165, 1.54) is 12.4 Å². The van der Waals surface area contributed by atoms with Crippen LogP contribution in [0.3, 0.4) is 0 Å². The number of nitrogens with zero attached hydrogens (tertiary/aromatic N) is 3. The fraction of sp³-hybridized carbons (Fsp3) is 0.333. The van der Waals surface area contributed by atoms with Gasteiger partial charge >= 0.3 is 12.1 Å². The summed E-state index contributed by atoms with van der Waals surface area (Å²) in [6.45, 7) is -0.106. The minimum Gasteiger partial charge on any atom is -0.478 e. The molecule has 0 bridgehead atoms. The van der Waals surface area contributed by atoms with Crippen molar-refractivity contribution in [2.45, 2.75) is 19.1 Å². The molecule has 2 aromatic heterocycles. The largest absolute Gasteiger partial charge is 0.478 e. The van der Waals surface area contributed by atoms with Crippen LogP contribution in [0.5, 0.6) is 0 Å². The van der Waals surface area contributed by atoms with Gasteiger partial charge in [-0.25, -0.2) is 9.78 Å². The SMILES string of the molecule is Cn1ncc(C(=O)O)c1C(=O)NCc1nc(CC(F)(F)F)cs1. The van der Waals surface area contributed by atoms with Crippen LogP contribution in [0.1, 0.15) is 31.5 Å². The Morgan fingerprint density at radius 1 is 1.43 bits per heavy atom. The van der Waals surface area contributed by atoms with Gasteiger partial charge in [-0.15, -0.1) is 11.3 Å². The van der Waals surface area contributed by atoms with E-state index in [9.17, 15) is 22.8 Å². The lowest BCUT2D eigenvalue weighted by Crippen LogP contribution is -2.27. The number of hydrogen-bond donors (Lipinski definition) is 2. The number of amides is 1. The van der Waals surface area contributed by atoms with Gasteiger partial charge in [0, 0.05) is 12.4 Å². The molecule has 2 N–H and O–H groups in total. The van der Waals surface area contributed by atoms with E-state index in [-0.39, 0.29) is 28.5 Å². The second-order valence-corrected chi connectivity index (χ2v) is 5.49. The van der Waals surface area contributed by atoms with Crippen molar-refractivity contribution >= 4 is 23.2 Å². The summed E-state index contributed by atoms with van der Waals surface area (Å²) >= 11 is 0.980.